The molecule has 4 N–H and O–H groups in total. The molecule has 1 aliphatic rings. The van der Waals surface area contributed by atoms with Crippen LogP contribution in [0.3, 0.4) is 0 Å². The molecular formula is C25H22N2O3. The van der Waals surface area contributed by atoms with Gasteiger partial charge in [0.1, 0.15) is 12.1 Å². The Morgan fingerprint density at radius 2 is 1.80 bits per heavy atom. The molecule has 1 aliphatic carbocycles. The molecule has 150 valence electrons. The van der Waals surface area contributed by atoms with Gasteiger partial charge in [0.15, 0.2) is 0 Å². The number of H-pyrrole nitrogens is 1. The van der Waals surface area contributed by atoms with Gasteiger partial charge in [-0.2, -0.15) is 0 Å². The number of aliphatic carboxylic acids is 1. The number of nitrogens with two attached hydrogens (primary N) is 1. The molecule has 30 heavy (non-hydrogen) atoms. The number of benzene rings is 3. The zero-order chi connectivity index (χ0) is 20.8. The first-order valence-corrected chi connectivity index (χ1v) is 9.98. The number of aromatic nitrogens is 1. The highest BCUT2D eigenvalue weighted by Crippen LogP contribution is 2.49. The number of ether oxygens (including phenoxy) is 1. The van der Waals surface area contributed by atoms with E-state index in [-0.39, 0.29) is 6.10 Å². The maximum atomic E-state index is 11.4. The summed E-state index contributed by atoms with van der Waals surface area (Å²) >= 11 is 0. The Balaban J connectivity index is 1.66. The molecule has 3 aromatic carbocycles. The van der Waals surface area contributed by atoms with Gasteiger partial charge in [0, 0.05) is 17.3 Å². The van der Waals surface area contributed by atoms with Crippen LogP contribution in [0.15, 0.2) is 72.9 Å². The fourth-order valence-corrected chi connectivity index (χ4v) is 4.32. The fourth-order valence-electron chi connectivity index (χ4n) is 4.32. The number of hydrogen-bond donors (Lipinski definition) is 3. The van der Waals surface area contributed by atoms with Crippen molar-refractivity contribution in [2.45, 2.75) is 25.2 Å². The van der Waals surface area contributed by atoms with Gasteiger partial charge in [-0.15, -0.1) is 0 Å². The minimum Gasteiger partial charge on any atom is -0.480 e. The topological polar surface area (TPSA) is 88.3 Å². The lowest BCUT2D eigenvalue weighted by Crippen LogP contribution is -2.42. The molecule has 4 aromatic rings. The molecule has 0 radical (unpaired) electrons. The number of rotatable bonds is 5. The molecule has 1 heterocycles. The molecule has 0 bridgehead atoms. The van der Waals surface area contributed by atoms with Crippen molar-refractivity contribution < 1.29 is 14.6 Å². The highest BCUT2D eigenvalue weighted by molar-refractivity contribution is 5.90. The summed E-state index contributed by atoms with van der Waals surface area (Å²) in [4.78, 5) is 14.6. The first-order chi connectivity index (χ1) is 14.5. The van der Waals surface area contributed by atoms with Crippen molar-refractivity contribution >= 4 is 16.9 Å². The van der Waals surface area contributed by atoms with Crippen molar-refractivity contribution in [3.63, 3.8) is 0 Å². The van der Waals surface area contributed by atoms with E-state index < -0.39 is 18.1 Å². The maximum absolute atomic E-state index is 11.4. The van der Waals surface area contributed by atoms with E-state index >= 15 is 0 Å². The van der Waals surface area contributed by atoms with Crippen molar-refractivity contribution in [3.8, 4) is 22.3 Å². The van der Waals surface area contributed by atoms with Crippen LogP contribution < -0.4 is 5.73 Å². The number of carboxylic acid groups (broad SMARTS) is 1. The Labute approximate surface area is 174 Å². The summed E-state index contributed by atoms with van der Waals surface area (Å²) in [6, 6.07) is 21.7. The van der Waals surface area contributed by atoms with Gasteiger partial charge in [0.25, 0.3) is 0 Å². The largest absolute Gasteiger partial charge is 0.480 e. The second-order valence-electron chi connectivity index (χ2n) is 7.72. The predicted octanol–water partition coefficient (Wildman–Crippen LogP) is 4.72. The second kappa shape index (κ2) is 7.13. The van der Waals surface area contributed by atoms with Gasteiger partial charge in [-0.25, -0.2) is 0 Å². The Bertz CT molecular complexity index is 1260. The summed E-state index contributed by atoms with van der Waals surface area (Å²) in [5.41, 5.74) is 13.4. The summed E-state index contributed by atoms with van der Waals surface area (Å²) in [5.74, 6) is -1.07. The van der Waals surface area contributed by atoms with E-state index in [1.807, 2.05) is 24.4 Å². The molecule has 0 aliphatic heterocycles. The number of fused-ring (bicyclic) bond motifs is 4. The van der Waals surface area contributed by atoms with Crippen LogP contribution in [-0.4, -0.2) is 28.2 Å². The zero-order valence-electron chi connectivity index (χ0n) is 16.5. The second-order valence-corrected chi connectivity index (χ2v) is 7.72. The lowest BCUT2D eigenvalue weighted by Gasteiger charge is -2.24. The van der Waals surface area contributed by atoms with Crippen LogP contribution in [0.5, 0.6) is 0 Å². The number of aromatic amines is 1. The fraction of sp³-hybridized carbons (Fsp3) is 0.160. The molecule has 0 fully saturated rings. The summed E-state index contributed by atoms with van der Waals surface area (Å²) < 4.78 is 6.31. The van der Waals surface area contributed by atoms with Crippen molar-refractivity contribution in [1.82, 2.24) is 4.98 Å². The molecule has 5 heteroatoms. The van der Waals surface area contributed by atoms with Gasteiger partial charge in [-0.3, -0.25) is 4.79 Å². The van der Waals surface area contributed by atoms with Crippen LogP contribution in [0.4, 0.5) is 0 Å². The molecule has 0 saturated carbocycles. The van der Waals surface area contributed by atoms with Gasteiger partial charge < -0.3 is 20.6 Å². The molecule has 0 spiro atoms. The molecule has 1 aromatic heterocycles. The van der Waals surface area contributed by atoms with E-state index in [1.54, 1.807) is 6.92 Å². The number of carbonyl (C=O) groups is 1. The smallest absolute Gasteiger partial charge is 0.323 e. The highest BCUT2D eigenvalue weighted by Gasteiger charge is 2.34. The van der Waals surface area contributed by atoms with Crippen LogP contribution in [0.1, 0.15) is 24.2 Å². The summed E-state index contributed by atoms with van der Waals surface area (Å²) in [7, 11) is 0. The van der Waals surface area contributed by atoms with Crippen molar-refractivity contribution in [3.05, 3.63) is 84.1 Å². The first-order valence-electron chi connectivity index (χ1n) is 9.98. The van der Waals surface area contributed by atoms with Crippen LogP contribution in [-0.2, 0) is 9.53 Å². The Hall–Kier alpha value is -3.41. The molecule has 5 rings (SSSR count). The molecule has 0 amide bonds. The molecule has 3 atom stereocenters. The van der Waals surface area contributed by atoms with E-state index in [0.29, 0.717) is 0 Å². The molecule has 5 nitrogen and oxygen atoms in total. The van der Waals surface area contributed by atoms with Crippen LogP contribution in [0.2, 0.25) is 0 Å². The van der Waals surface area contributed by atoms with E-state index in [2.05, 4.69) is 53.5 Å². The van der Waals surface area contributed by atoms with Crippen LogP contribution in [0, 0.1) is 0 Å². The first kappa shape index (κ1) is 18.6. The summed E-state index contributed by atoms with van der Waals surface area (Å²) in [6.07, 6.45) is 0.905. The highest BCUT2D eigenvalue weighted by atomic mass is 16.5. The third-order valence-electron chi connectivity index (χ3n) is 5.91. The molecule has 0 saturated heterocycles. The standard InChI is InChI=1S/C25H22N2O3/c1-14(23(26)25(28)29)30-24-20-6-3-2-5-18(20)19-8-4-7-17(22(19)24)15-9-10-21-16(13-15)11-12-27-21/h2-14,23-24,27H,26H2,1H3,(H,28,29)/t14?,23-,24?/m0/s1. The third kappa shape index (κ3) is 2.91. The predicted molar refractivity (Wildman–Crippen MR) is 117 cm³/mol. The van der Waals surface area contributed by atoms with Crippen LogP contribution in [0.25, 0.3) is 33.2 Å². The van der Waals surface area contributed by atoms with Crippen molar-refractivity contribution in [1.29, 1.82) is 0 Å². The van der Waals surface area contributed by atoms with E-state index in [1.165, 1.54) is 0 Å². The minimum absolute atomic E-state index is 0.380. The summed E-state index contributed by atoms with van der Waals surface area (Å²) in [5, 5.41) is 10.5. The Morgan fingerprint density at radius 3 is 2.63 bits per heavy atom. The van der Waals surface area contributed by atoms with Gasteiger partial charge in [0.05, 0.1) is 6.10 Å². The van der Waals surface area contributed by atoms with Crippen LogP contribution >= 0.6 is 0 Å². The third-order valence-corrected chi connectivity index (χ3v) is 5.91. The maximum Gasteiger partial charge on any atom is 0.323 e. The number of hydrogen-bond acceptors (Lipinski definition) is 3. The Kier molecular flexibility index (Phi) is 4.42. The summed E-state index contributed by atoms with van der Waals surface area (Å²) in [6.45, 7) is 1.72. The normalized spacial score (nSPS) is 16.8. The van der Waals surface area contributed by atoms with Gasteiger partial charge in [0.2, 0.25) is 0 Å². The Morgan fingerprint density at radius 1 is 1.03 bits per heavy atom. The van der Waals surface area contributed by atoms with Gasteiger partial charge >= 0.3 is 5.97 Å². The quantitative estimate of drug-likeness (QED) is 0.454. The average Bonchev–Trinajstić information content (AvgIpc) is 3.35. The van der Waals surface area contributed by atoms with E-state index in [9.17, 15) is 9.90 Å². The lowest BCUT2D eigenvalue weighted by molar-refractivity contribution is -0.142. The SMILES string of the molecule is CC(OC1c2ccccc2-c2cccc(-c3ccc4[nH]ccc4c3)c21)[C@H](N)C(=O)O. The van der Waals surface area contributed by atoms with E-state index in [0.717, 1.165) is 44.3 Å². The number of carboxylic acids is 1. The lowest BCUT2D eigenvalue weighted by atomic mass is 9.94. The van der Waals surface area contributed by atoms with Crippen molar-refractivity contribution in [2.24, 2.45) is 5.73 Å². The minimum atomic E-state index is -1.09. The molecule has 2 unspecified atom stereocenters. The van der Waals surface area contributed by atoms with Gasteiger partial charge in [-0.05, 0) is 58.3 Å². The van der Waals surface area contributed by atoms with Gasteiger partial charge in [-0.1, -0.05) is 48.5 Å². The number of nitrogens with one attached hydrogen (secondary N) is 1. The monoisotopic (exact) mass is 398 g/mol. The molecular weight excluding hydrogens is 376 g/mol. The zero-order valence-corrected chi connectivity index (χ0v) is 16.5. The average molecular weight is 398 g/mol. The van der Waals surface area contributed by atoms with E-state index in [4.69, 9.17) is 10.5 Å². The van der Waals surface area contributed by atoms with Crippen molar-refractivity contribution in [2.75, 3.05) is 0 Å².